The number of hydrogen-bond acceptors (Lipinski definition) is 2. The molecule has 0 saturated carbocycles. The van der Waals surface area contributed by atoms with Crippen molar-refractivity contribution in [1.29, 1.82) is 0 Å². The number of likely N-dealkylation sites (tertiary alicyclic amines) is 1. The van der Waals surface area contributed by atoms with Gasteiger partial charge in [0.1, 0.15) is 0 Å². The Morgan fingerprint density at radius 2 is 1.86 bits per heavy atom. The molecule has 2 aromatic rings. The quantitative estimate of drug-likeness (QED) is 0.884. The number of benzene rings is 1. The minimum Gasteiger partial charge on any atom is -0.360 e. The van der Waals surface area contributed by atoms with Gasteiger partial charge >= 0.3 is 0 Å². The van der Waals surface area contributed by atoms with Gasteiger partial charge in [0, 0.05) is 47.6 Å². The van der Waals surface area contributed by atoms with Crippen molar-refractivity contribution in [3.63, 3.8) is 0 Å². The number of rotatable bonds is 3. The van der Waals surface area contributed by atoms with Crippen LogP contribution >= 0.6 is 0 Å². The SMILES string of the molecule is CC(C)C(=O)N1CCC(C(=O)c2c[nH]c3ccccc23)CC1. The second-order valence-corrected chi connectivity index (χ2v) is 6.37. The molecule has 4 heteroatoms. The summed E-state index contributed by atoms with van der Waals surface area (Å²) in [7, 11) is 0. The molecule has 0 unspecified atom stereocenters. The lowest BCUT2D eigenvalue weighted by molar-refractivity contribution is -0.135. The summed E-state index contributed by atoms with van der Waals surface area (Å²) in [5.41, 5.74) is 1.78. The second kappa shape index (κ2) is 5.95. The van der Waals surface area contributed by atoms with Gasteiger partial charge in [-0.3, -0.25) is 9.59 Å². The van der Waals surface area contributed by atoms with E-state index in [-0.39, 0.29) is 23.5 Å². The highest BCUT2D eigenvalue weighted by molar-refractivity contribution is 6.08. The van der Waals surface area contributed by atoms with Crippen LogP contribution < -0.4 is 0 Å². The highest BCUT2D eigenvalue weighted by atomic mass is 16.2. The van der Waals surface area contributed by atoms with Gasteiger partial charge in [-0.2, -0.15) is 0 Å². The van der Waals surface area contributed by atoms with Crippen LogP contribution in [0.4, 0.5) is 0 Å². The Morgan fingerprint density at radius 3 is 2.55 bits per heavy atom. The Balaban J connectivity index is 1.71. The van der Waals surface area contributed by atoms with E-state index in [1.807, 2.05) is 49.2 Å². The van der Waals surface area contributed by atoms with Crippen LogP contribution in [0.3, 0.4) is 0 Å². The van der Waals surface area contributed by atoms with Gasteiger partial charge in [-0.15, -0.1) is 0 Å². The molecule has 0 radical (unpaired) electrons. The molecular formula is C18H22N2O2. The molecule has 0 aliphatic carbocycles. The minimum absolute atomic E-state index is 0.0235. The van der Waals surface area contributed by atoms with E-state index in [2.05, 4.69) is 4.98 Å². The fourth-order valence-electron chi connectivity index (χ4n) is 3.22. The lowest BCUT2D eigenvalue weighted by Gasteiger charge is -2.32. The first-order chi connectivity index (χ1) is 10.6. The van der Waals surface area contributed by atoms with Crippen molar-refractivity contribution < 1.29 is 9.59 Å². The van der Waals surface area contributed by atoms with Gasteiger partial charge in [-0.05, 0) is 18.9 Å². The predicted molar refractivity (Wildman–Crippen MR) is 86.8 cm³/mol. The van der Waals surface area contributed by atoms with E-state index in [4.69, 9.17) is 0 Å². The first-order valence-electron chi connectivity index (χ1n) is 7.97. The van der Waals surface area contributed by atoms with Crippen molar-refractivity contribution in [1.82, 2.24) is 9.88 Å². The number of ketones is 1. The third kappa shape index (κ3) is 2.65. The molecule has 1 aliphatic heterocycles. The van der Waals surface area contributed by atoms with E-state index >= 15 is 0 Å². The average molecular weight is 298 g/mol. The number of fused-ring (bicyclic) bond motifs is 1. The van der Waals surface area contributed by atoms with Crippen LogP contribution in [0, 0.1) is 11.8 Å². The molecule has 1 aliphatic rings. The van der Waals surface area contributed by atoms with Crippen LogP contribution in [0.25, 0.3) is 10.9 Å². The number of H-pyrrole nitrogens is 1. The van der Waals surface area contributed by atoms with Gasteiger partial charge < -0.3 is 9.88 Å². The summed E-state index contributed by atoms with van der Waals surface area (Å²) in [6.07, 6.45) is 3.34. The number of aromatic nitrogens is 1. The number of hydrogen-bond donors (Lipinski definition) is 1. The molecule has 22 heavy (non-hydrogen) atoms. The van der Waals surface area contributed by atoms with E-state index in [1.54, 1.807) is 0 Å². The molecule has 1 fully saturated rings. The summed E-state index contributed by atoms with van der Waals surface area (Å²) >= 11 is 0. The summed E-state index contributed by atoms with van der Waals surface area (Å²) in [6, 6.07) is 7.88. The van der Waals surface area contributed by atoms with Crippen LogP contribution in [0.15, 0.2) is 30.5 Å². The molecule has 3 rings (SSSR count). The molecule has 1 aromatic carbocycles. The summed E-state index contributed by atoms with van der Waals surface area (Å²) in [4.78, 5) is 29.8. The average Bonchev–Trinajstić information content (AvgIpc) is 2.97. The molecule has 0 bridgehead atoms. The standard InChI is InChI=1S/C18H22N2O2/c1-12(2)18(22)20-9-7-13(8-10-20)17(21)15-11-19-16-6-4-3-5-14(15)16/h3-6,11-13,19H,7-10H2,1-2H3. The Kier molecular flexibility index (Phi) is 4.01. The number of aromatic amines is 1. The monoisotopic (exact) mass is 298 g/mol. The number of carbonyl (C=O) groups excluding carboxylic acids is 2. The normalized spacial score (nSPS) is 16.4. The van der Waals surface area contributed by atoms with E-state index in [0.717, 1.165) is 29.3 Å². The van der Waals surface area contributed by atoms with Crippen molar-refractivity contribution in [3.05, 3.63) is 36.0 Å². The predicted octanol–water partition coefficient (Wildman–Crippen LogP) is 3.25. The number of Topliss-reactive ketones (excluding diaryl/α,β-unsaturated/α-hetero) is 1. The Hall–Kier alpha value is -2.10. The van der Waals surface area contributed by atoms with Gasteiger partial charge in [0.05, 0.1) is 0 Å². The van der Waals surface area contributed by atoms with Crippen LogP contribution in [-0.4, -0.2) is 34.7 Å². The van der Waals surface area contributed by atoms with Crippen LogP contribution in [0.1, 0.15) is 37.0 Å². The number of amides is 1. The summed E-state index contributed by atoms with van der Waals surface area (Å²) < 4.78 is 0. The minimum atomic E-state index is 0.0235. The van der Waals surface area contributed by atoms with Crippen molar-refractivity contribution in [3.8, 4) is 0 Å². The zero-order valence-corrected chi connectivity index (χ0v) is 13.1. The number of para-hydroxylation sites is 1. The molecule has 4 nitrogen and oxygen atoms in total. The topological polar surface area (TPSA) is 53.2 Å². The molecule has 0 atom stereocenters. The maximum atomic E-state index is 12.8. The second-order valence-electron chi connectivity index (χ2n) is 6.37. The van der Waals surface area contributed by atoms with Gasteiger partial charge in [-0.1, -0.05) is 32.0 Å². The van der Waals surface area contributed by atoms with Gasteiger partial charge in [0.2, 0.25) is 5.91 Å². The van der Waals surface area contributed by atoms with Gasteiger partial charge in [0.25, 0.3) is 0 Å². The number of piperidine rings is 1. The lowest BCUT2D eigenvalue weighted by atomic mass is 9.88. The van der Waals surface area contributed by atoms with Crippen LogP contribution in [0.5, 0.6) is 0 Å². The van der Waals surface area contributed by atoms with Crippen molar-refractivity contribution in [2.24, 2.45) is 11.8 Å². The van der Waals surface area contributed by atoms with Crippen molar-refractivity contribution >= 4 is 22.6 Å². The summed E-state index contributed by atoms with van der Waals surface area (Å²) in [5.74, 6) is 0.448. The zero-order chi connectivity index (χ0) is 15.7. The van der Waals surface area contributed by atoms with E-state index < -0.39 is 0 Å². The van der Waals surface area contributed by atoms with Gasteiger partial charge in [-0.25, -0.2) is 0 Å². The lowest BCUT2D eigenvalue weighted by Crippen LogP contribution is -2.42. The Bertz CT molecular complexity index is 694. The Morgan fingerprint density at radius 1 is 1.18 bits per heavy atom. The maximum absolute atomic E-state index is 12.8. The van der Waals surface area contributed by atoms with Crippen LogP contribution in [-0.2, 0) is 4.79 Å². The summed E-state index contributed by atoms with van der Waals surface area (Å²) in [6.45, 7) is 5.22. The highest BCUT2D eigenvalue weighted by Crippen LogP contribution is 2.26. The van der Waals surface area contributed by atoms with Crippen molar-refractivity contribution in [2.75, 3.05) is 13.1 Å². The molecule has 1 N–H and O–H groups in total. The highest BCUT2D eigenvalue weighted by Gasteiger charge is 2.29. The molecule has 1 amide bonds. The first kappa shape index (κ1) is 14.8. The zero-order valence-electron chi connectivity index (χ0n) is 13.1. The molecule has 0 spiro atoms. The molecule has 2 heterocycles. The molecular weight excluding hydrogens is 276 g/mol. The smallest absolute Gasteiger partial charge is 0.225 e. The third-order valence-corrected chi connectivity index (χ3v) is 4.53. The molecule has 116 valence electrons. The maximum Gasteiger partial charge on any atom is 0.225 e. The third-order valence-electron chi connectivity index (χ3n) is 4.53. The summed E-state index contributed by atoms with van der Waals surface area (Å²) in [5, 5.41) is 0.994. The largest absolute Gasteiger partial charge is 0.360 e. The van der Waals surface area contributed by atoms with E-state index in [9.17, 15) is 9.59 Å². The number of carbonyl (C=O) groups is 2. The fourth-order valence-corrected chi connectivity index (χ4v) is 3.22. The number of nitrogens with zero attached hydrogens (tertiary/aromatic N) is 1. The number of nitrogens with one attached hydrogen (secondary N) is 1. The van der Waals surface area contributed by atoms with E-state index in [1.165, 1.54) is 0 Å². The first-order valence-corrected chi connectivity index (χ1v) is 7.97. The van der Waals surface area contributed by atoms with E-state index in [0.29, 0.717) is 13.1 Å². The molecule has 1 aromatic heterocycles. The fraction of sp³-hybridized carbons (Fsp3) is 0.444. The molecule has 1 saturated heterocycles. The van der Waals surface area contributed by atoms with Crippen molar-refractivity contribution in [2.45, 2.75) is 26.7 Å². The van der Waals surface area contributed by atoms with Gasteiger partial charge in [0.15, 0.2) is 5.78 Å². The Labute approximate surface area is 130 Å². The van der Waals surface area contributed by atoms with Crippen LogP contribution in [0.2, 0.25) is 0 Å².